The molecular weight excluding hydrogens is 472 g/mol. The molecule has 9 nitrogen and oxygen atoms in total. The van der Waals surface area contributed by atoms with E-state index in [-0.39, 0.29) is 24.1 Å². The Labute approximate surface area is 216 Å². The maximum Gasteiger partial charge on any atom is 0.255 e. The van der Waals surface area contributed by atoms with Gasteiger partial charge in [-0.3, -0.25) is 29.4 Å². The second-order valence-electron chi connectivity index (χ2n) is 9.87. The van der Waals surface area contributed by atoms with Gasteiger partial charge in [0.1, 0.15) is 6.04 Å². The van der Waals surface area contributed by atoms with E-state index in [1.807, 2.05) is 24.3 Å². The number of hydrogen-bond acceptors (Lipinski definition) is 6. The van der Waals surface area contributed by atoms with E-state index in [4.69, 9.17) is 4.74 Å². The number of carbonyl (C=O) groups excluding carboxylic acids is 4. The topological polar surface area (TPSA) is 108 Å². The Hall–Kier alpha value is -3.56. The molecule has 0 radical (unpaired) electrons. The lowest BCUT2D eigenvalue weighted by molar-refractivity contribution is -0.137. The molecule has 0 bridgehead atoms. The highest BCUT2D eigenvalue weighted by molar-refractivity contribution is 6.05. The number of nitrogens with zero attached hydrogens (tertiary/aromatic N) is 2. The van der Waals surface area contributed by atoms with Crippen molar-refractivity contribution in [2.45, 2.75) is 44.8 Å². The summed E-state index contributed by atoms with van der Waals surface area (Å²) in [5.74, 6) is -0.987. The number of amides is 4. The van der Waals surface area contributed by atoms with Crippen molar-refractivity contribution in [3.63, 3.8) is 0 Å². The maximum absolute atomic E-state index is 12.9. The summed E-state index contributed by atoms with van der Waals surface area (Å²) in [6.45, 7) is 5.18. The van der Waals surface area contributed by atoms with Gasteiger partial charge in [-0.05, 0) is 41.2 Å². The number of nitrogens with one attached hydrogen (secondary N) is 2. The number of benzene rings is 2. The molecule has 3 aliphatic heterocycles. The van der Waals surface area contributed by atoms with Crippen LogP contribution >= 0.6 is 0 Å². The molecule has 3 aliphatic rings. The van der Waals surface area contributed by atoms with Crippen molar-refractivity contribution >= 4 is 23.6 Å². The zero-order valence-electron chi connectivity index (χ0n) is 20.8. The van der Waals surface area contributed by atoms with Crippen molar-refractivity contribution in [3.8, 4) is 0 Å². The summed E-state index contributed by atoms with van der Waals surface area (Å²) < 4.78 is 5.41. The first-order chi connectivity index (χ1) is 18.0. The van der Waals surface area contributed by atoms with E-state index < -0.39 is 11.9 Å². The summed E-state index contributed by atoms with van der Waals surface area (Å²) in [4.78, 5) is 53.1. The molecule has 4 amide bonds. The molecule has 9 heteroatoms. The van der Waals surface area contributed by atoms with Crippen molar-refractivity contribution in [3.05, 3.63) is 70.3 Å². The molecule has 2 saturated heterocycles. The first-order valence-electron chi connectivity index (χ1n) is 12.9. The van der Waals surface area contributed by atoms with E-state index in [0.29, 0.717) is 31.5 Å². The number of hydrogen-bond donors (Lipinski definition) is 2. The Balaban J connectivity index is 1.13. The fourth-order valence-corrected chi connectivity index (χ4v) is 5.19. The molecule has 0 aliphatic carbocycles. The number of carbonyl (C=O) groups is 4. The summed E-state index contributed by atoms with van der Waals surface area (Å²) in [7, 11) is 0. The van der Waals surface area contributed by atoms with Gasteiger partial charge in [0.15, 0.2) is 0 Å². The maximum atomic E-state index is 12.9. The Bertz CT molecular complexity index is 1210. The van der Waals surface area contributed by atoms with Crippen LogP contribution in [0.25, 0.3) is 0 Å². The quantitative estimate of drug-likeness (QED) is 0.523. The number of piperidine rings is 1. The Morgan fingerprint density at radius 1 is 1.03 bits per heavy atom. The number of morpholine rings is 1. The lowest BCUT2D eigenvalue weighted by Crippen LogP contribution is -2.52. The van der Waals surface area contributed by atoms with Gasteiger partial charge in [0.05, 0.1) is 19.6 Å². The number of ether oxygens (including phenoxy) is 1. The first-order valence-corrected chi connectivity index (χ1v) is 12.9. The van der Waals surface area contributed by atoms with Crippen molar-refractivity contribution in [2.75, 3.05) is 32.8 Å². The predicted molar refractivity (Wildman–Crippen MR) is 135 cm³/mol. The first kappa shape index (κ1) is 25.1. The average molecular weight is 505 g/mol. The van der Waals surface area contributed by atoms with Gasteiger partial charge in [-0.15, -0.1) is 0 Å². The molecule has 2 N–H and O–H groups in total. The molecule has 1 unspecified atom stereocenters. The van der Waals surface area contributed by atoms with Gasteiger partial charge in [0.25, 0.3) is 5.91 Å². The molecule has 2 aromatic carbocycles. The van der Waals surface area contributed by atoms with Crippen LogP contribution in [0.5, 0.6) is 0 Å². The van der Waals surface area contributed by atoms with E-state index in [9.17, 15) is 19.2 Å². The van der Waals surface area contributed by atoms with E-state index in [0.717, 1.165) is 56.0 Å². The van der Waals surface area contributed by atoms with Crippen LogP contribution in [0.3, 0.4) is 0 Å². The highest BCUT2D eigenvalue weighted by atomic mass is 16.5. The molecule has 37 heavy (non-hydrogen) atoms. The third-order valence-corrected chi connectivity index (χ3v) is 7.25. The highest BCUT2D eigenvalue weighted by Gasteiger charge is 2.39. The molecule has 1 atom stereocenters. The lowest BCUT2D eigenvalue weighted by Gasteiger charge is -2.29. The van der Waals surface area contributed by atoms with Gasteiger partial charge in [-0.2, -0.15) is 0 Å². The third-order valence-electron chi connectivity index (χ3n) is 7.25. The van der Waals surface area contributed by atoms with Crippen LogP contribution in [0, 0.1) is 0 Å². The summed E-state index contributed by atoms with van der Waals surface area (Å²) in [5, 5.41) is 5.30. The van der Waals surface area contributed by atoms with Crippen molar-refractivity contribution in [2.24, 2.45) is 0 Å². The fraction of sp³-hybridized carbons (Fsp3) is 0.429. The zero-order chi connectivity index (χ0) is 25.8. The second kappa shape index (κ2) is 11.2. The summed E-state index contributed by atoms with van der Waals surface area (Å²) in [6, 6.07) is 13.0. The highest BCUT2D eigenvalue weighted by Crippen LogP contribution is 2.28. The standard InChI is InChI=1S/C28H32N4O5/c33-25-7-6-24(27(35)30-25)32-18-22-15-21(4-5-23(22)28(32)36)17-29-26(34)16-20-3-1-2-19(14-20)8-9-31-10-12-37-13-11-31/h1-5,14-15,24H,6-13,16-18H2,(H,29,34)(H,30,33,35). The second-order valence-corrected chi connectivity index (χ2v) is 9.87. The minimum atomic E-state index is -0.634. The van der Waals surface area contributed by atoms with Crippen LogP contribution in [0.4, 0.5) is 0 Å². The lowest BCUT2D eigenvalue weighted by atomic mass is 10.0. The molecule has 0 aromatic heterocycles. The minimum absolute atomic E-state index is 0.0629. The average Bonchev–Trinajstić information content (AvgIpc) is 3.22. The van der Waals surface area contributed by atoms with Gasteiger partial charge in [-0.25, -0.2) is 0 Å². The SMILES string of the molecule is O=C(Cc1cccc(CCN2CCOCC2)c1)NCc1ccc2c(c1)CN(C1CCC(=O)NC1=O)C2=O. The Kier molecular flexibility index (Phi) is 7.62. The van der Waals surface area contributed by atoms with E-state index in [1.165, 1.54) is 10.5 Å². The molecule has 2 fully saturated rings. The van der Waals surface area contributed by atoms with Crippen LogP contribution in [0.15, 0.2) is 42.5 Å². The fourth-order valence-electron chi connectivity index (χ4n) is 5.19. The van der Waals surface area contributed by atoms with Gasteiger partial charge in [-0.1, -0.05) is 36.4 Å². The van der Waals surface area contributed by atoms with Gasteiger partial charge >= 0.3 is 0 Å². The largest absolute Gasteiger partial charge is 0.379 e. The van der Waals surface area contributed by atoms with Crippen LogP contribution in [0.1, 0.15) is 45.5 Å². The van der Waals surface area contributed by atoms with Gasteiger partial charge in [0.2, 0.25) is 17.7 Å². The van der Waals surface area contributed by atoms with Crippen LogP contribution in [-0.2, 0) is 45.1 Å². The van der Waals surface area contributed by atoms with Crippen LogP contribution in [-0.4, -0.2) is 72.3 Å². The van der Waals surface area contributed by atoms with Crippen LogP contribution < -0.4 is 10.6 Å². The number of fused-ring (bicyclic) bond motifs is 1. The molecule has 194 valence electrons. The smallest absolute Gasteiger partial charge is 0.255 e. The summed E-state index contributed by atoms with van der Waals surface area (Å²) in [6.07, 6.45) is 1.81. The Morgan fingerprint density at radius 3 is 2.65 bits per heavy atom. The van der Waals surface area contributed by atoms with Crippen molar-refractivity contribution in [1.29, 1.82) is 0 Å². The molecule has 5 rings (SSSR count). The normalized spacial score (nSPS) is 20.1. The van der Waals surface area contributed by atoms with Gasteiger partial charge in [0, 0.05) is 44.7 Å². The van der Waals surface area contributed by atoms with Crippen molar-refractivity contribution in [1.82, 2.24) is 20.4 Å². The van der Waals surface area contributed by atoms with E-state index in [1.54, 1.807) is 6.07 Å². The monoisotopic (exact) mass is 504 g/mol. The predicted octanol–water partition coefficient (Wildman–Crippen LogP) is 1.18. The van der Waals surface area contributed by atoms with E-state index >= 15 is 0 Å². The molecular formula is C28H32N4O5. The Morgan fingerprint density at radius 2 is 1.84 bits per heavy atom. The zero-order valence-corrected chi connectivity index (χ0v) is 20.8. The molecule has 2 aromatic rings. The van der Waals surface area contributed by atoms with Gasteiger partial charge < -0.3 is 15.0 Å². The minimum Gasteiger partial charge on any atom is -0.379 e. The summed E-state index contributed by atoms with van der Waals surface area (Å²) >= 11 is 0. The molecule has 0 saturated carbocycles. The summed E-state index contributed by atoms with van der Waals surface area (Å²) in [5.41, 5.74) is 4.49. The van der Waals surface area contributed by atoms with E-state index in [2.05, 4.69) is 27.7 Å². The molecule has 3 heterocycles. The van der Waals surface area contributed by atoms with Crippen LogP contribution in [0.2, 0.25) is 0 Å². The number of rotatable bonds is 8. The number of imide groups is 1. The molecule has 0 spiro atoms. The van der Waals surface area contributed by atoms with Crippen molar-refractivity contribution < 1.29 is 23.9 Å². The third kappa shape index (κ3) is 6.06.